The van der Waals surface area contributed by atoms with Gasteiger partial charge in [0.25, 0.3) is 5.78 Å². The number of aryl methyl sites for hydroxylation is 1. The Bertz CT molecular complexity index is 1080. The molecule has 0 spiro atoms. The van der Waals surface area contributed by atoms with Crippen molar-refractivity contribution in [2.45, 2.75) is 13.0 Å². The summed E-state index contributed by atoms with van der Waals surface area (Å²) in [4.78, 5) is 33.7. The van der Waals surface area contributed by atoms with Crippen LogP contribution in [0.5, 0.6) is 5.75 Å². The number of amides is 1. The molecule has 1 saturated heterocycles. The highest BCUT2D eigenvalue weighted by Crippen LogP contribution is 2.42. The van der Waals surface area contributed by atoms with Crippen LogP contribution in [0.4, 0.5) is 5.13 Å². The van der Waals surface area contributed by atoms with Gasteiger partial charge in [-0.1, -0.05) is 23.5 Å². The second-order valence-electron chi connectivity index (χ2n) is 6.08. The Morgan fingerprint density at radius 3 is 2.82 bits per heavy atom. The molecule has 2 aromatic heterocycles. The number of nitrogens with one attached hydrogen (secondary N) is 1. The summed E-state index contributed by atoms with van der Waals surface area (Å²) in [5, 5.41) is 18.9. The van der Waals surface area contributed by atoms with Crippen molar-refractivity contribution in [3.05, 3.63) is 58.6 Å². The number of methoxy groups -OCH3 is 1. The number of carbonyl (C=O) groups excluding carboxylic acids is 2. The Balaban J connectivity index is 1.92. The van der Waals surface area contributed by atoms with E-state index in [2.05, 4.69) is 20.2 Å². The fraction of sp³-hybridized carbons (Fsp3) is 0.167. The summed E-state index contributed by atoms with van der Waals surface area (Å²) in [6.45, 7) is 1.86. The molecule has 142 valence electrons. The van der Waals surface area contributed by atoms with Gasteiger partial charge in [0.15, 0.2) is 0 Å². The molecule has 1 amide bonds. The number of carbonyl (C=O) groups is 2. The number of aromatic nitrogens is 4. The molecule has 3 aromatic rings. The van der Waals surface area contributed by atoms with E-state index in [4.69, 9.17) is 4.74 Å². The van der Waals surface area contributed by atoms with Gasteiger partial charge in [-0.05, 0) is 18.6 Å². The molecule has 4 rings (SSSR count). The number of ether oxygens (including phenoxy) is 1. The molecule has 0 radical (unpaired) electrons. The molecule has 0 bridgehead atoms. The predicted molar refractivity (Wildman–Crippen MR) is 101 cm³/mol. The average molecular weight is 397 g/mol. The lowest BCUT2D eigenvalue weighted by Crippen LogP contribution is -2.29. The van der Waals surface area contributed by atoms with Crippen molar-refractivity contribution in [2.24, 2.45) is 0 Å². The van der Waals surface area contributed by atoms with E-state index < -0.39 is 17.7 Å². The van der Waals surface area contributed by atoms with E-state index in [1.54, 1.807) is 18.2 Å². The summed E-state index contributed by atoms with van der Waals surface area (Å²) in [6, 6.07) is 4.14. The molecule has 1 aliphatic heterocycles. The van der Waals surface area contributed by atoms with Crippen molar-refractivity contribution in [3.63, 3.8) is 0 Å². The summed E-state index contributed by atoms with van der Waals surface area (Å²) in [7, 11) is 1.52. The molecule has 1 aromatic carbocycles. The van der Waals surface area contributed by atoms with E-state index in [0.717, 1.165) is 16.9 Å². The lowest BCUT2D eigenvalue weighted by Gasteiger charge is -2.20. The first-order chi connectivity index (χ1) is 13.5. The number of nitrogens with zero attached hydrogens (tertiary/aromatic N) is 4. The SMILES string of the molecule is COc1cc(/C(O)=C2\C(=O)C(=O)N(c3nncs3)C2c2cnc[nH]2)ccc1C. The molecule has 1 unspecified atom stereocenters. The molecular weight excluding hydrogens is 382 g/mol. The van der Waals surface area contributed by atoms with Gasteiger partial charge >= 0.3 is 5.91 Å². The normalized spacial score (nSPS) is 18.6. The van der Waals surface area contributed by atoms with Crippen LogP contribution in [0.15, 0.2) is 41.8 Å². The van der Waals surface area contributed by atoms with Crippen LogP contribution in [-0.2, 0) is 9.59 Å². The molecule has 0 aliphatic carbocycles. The lowest BCUT2D eigenvalue weighted by molar-refractivity contribution is -0.132. The molecule has 2 N–H and O–H groups in total. The van der Waals surface area contributed by atoms with Gasteiger partial charge in [-0.2, -0.15) is 0 Å². The average Bonchev–Trinajstić information content (AvgIpc) is 3.44. The number of rotatable bonds is 4. The number of hydrogen-bond donors (Lipinski definition) is 2. The Morgan fingerprint density at radius 2 is 2.18 bits per heavy atom. The Morgan fingerprint density at radius 1 is 1.36 bits per heavy atom. The number of benzene rings is 1. The van der Waals surface area contributed by atoms with Crippen molar-refractivity contribution in [2.75, 3.05) is 12.0 Å². The second kappa shape index (κ2) is 6.89. The number of aliphatic hydroxyl groups excluding tert-OH is 1. The third kappa shape index (κ3) is 2.74. The number of imidazole rings is 1. The molecule has 1 atom stereocenters. The van der Waals surface area contributed by atoms with E-state index in [9.17, 15) is 14.7 Å². The van der Waals surface area contributed by atoms with Gasteiger partial charge < -0.3 is 14.8 Å². The predicted octanol–water partition coefficient (Wildman–Crippen LogP) is 2.20. The van der Waals surface area contributed by atoms with Gasteiger partial charge in [0, 0.05) is 5.56 Å². The van der Waals surface area contributed by atoms with Crippen LogP contribution in [-0.4, -0.2) is 44.1 Å². The van der Waals surface area contributed by atoms with E-state index >= 15 is 0 Å². The quantitative estimate of drug-likeness (QED) is 0.393. The maximum Gasteiger partial charge on any atom is 0.302 e. The van der Waals surface area contributed by atoms with E-state index in [0.29, 0.717) is 17.0 Å². The third-order valence-electron chi connectivity index (χ3n) is 4.49. The fourth-order valence-electron chi connectivity index (χ4n) is 3.14. The zero-order chi connectivity index (χ0) is 19.8. The van der Waals surface area contributed by atoms with Gasteiger partial charge in [0.1, 0.15) is 23.1 Å². The molecule has 10 heteroatoms. The Labute approximate surface area is 163 Å². The highest BCUT2D eigenvalue weighted by Gasteiger charge is 2.48. The molecule has 28 heavy (non-hydrogen) atoms. The smallest absolute Gasteiger partial charge is 0.302 e. The Kier molecular flexibility index (Phi) is 4.40. The minimum atomic E-state index is -0.900. The van der Waals surface area contributed by atoms with Crippen LogP contribution in [0.25, 0.3) is 5.76 Å². The van der Waals surface area contributed by atoms with Crippen LogP contribution < -0.4 is 9.64 Å². The zero-order valence-electron chi connectivity index (χ0n) is 14.9. The summed E-state index contributed by atoms with van der Waals surface area (Å²) in [5.74, 6) is -1.35. The van der Waals surface area contributed by atoms with Crippen LogP contribution >= 0.6 is 11.3 Å². The van der Waals surface area contributed by atoms with E-state index in [1.165, 1.54) is 30.0 Å². The molecule has 3 heterocycles. The number of ketones is 1. The monoisotopic (exact) mass is 397 g/mol. The summed E-state index contributed by atoms with van der Waals surface area (Å²) >= 11 is 1.12. The maximum absolute atomic E-state index is 12.8. The first kappa shape index (κ1) is 17.9. The zero-order valence-corrected chi connectivity index (χ0v) is 15.7. The molecule has 1 aliphatic rings. The van der Waals surface area contributed by atoms with Crippen molar-refractivity contribution < 1.29 is 19.4 Å². The maximum atomic E-state index is 12.8. The van der Waals surface area contributed by atoms with Crippen molar-refractivity contribution >= 4 is 33.9 Å². The number of Topliss-reactive ketones (excluding diaryl/α,β-unsaturated/α-hetero) is 1. The fourth-order valence-corrected chi connectivity index (χ4v) is 3.72. The van der Waals surface area contributed by atoms with Crippen LogP contribution in [0.1, 0.15) is 22.9 Å². The standard InChI is InChI=1S/C18H15N5O4S/c1-9-3-4-10(5-12(9)27-2)15(24)13-14(11-6-19-7-20-11)23(17(26)16(13)25)18-22-21-8-28-18/h3-8,14,24H,1-2H3,(H,19,20)/b15-13+. The first-order valence-electron chi connectivity index (χ1n) is 8.23. The van der Waals surface area contributed by atoms with Gasteiger partial charge in [0.2, 0.25) is 5.13 Å². The van der Waals surface area contributed by atoms with Crippen molar-refractivity contribution in [3.8, 4) is 5.75 Å². The number of anilines is 1. The minimum absolute atomic E-state index is 0.0599. The van der Waals surface area contributed by atoms with Crippen LogP contribution in [0, 0.1) is 6.92 Å². The highest BCUT2D eigenvalue weighted by atomic mass is 32.1. The van der Waals surface area contributed by atoms with Gasteiger partial charge in [-0.25, -0.2) is 4.98 Å². The molecule has 0 saturated carbocycles. The third-order valence-corrected chi connectivity index (χ3v) is 5.18. The van der Waals surface area contributed by atoms with E-state index in [-0.39, 0.29) is 16.5 Å². The second-order valence-corrected chi connectivity index (χ2v) is 6.89. The van der Waals surface area contributed by atoms with Crippen LogP contribution in [0.2, 0.25) is 0 Å². The molecular formula is C18H15N5O4S. The van der Waals surface area contributed by atoms with Crippen LogP contribution in [0.3, 0.4) is 0 Å². The number of aromatic amines is 1. The van der Waals surface area contributed by atoms with Gasteiger partial charge in [-0.15, -0.1) is 10.2 Å². The first-order valence-corrected chi connectivity index (χ1v) is 9.11. The highest BCUT2D eigenvalue weighted by molar-refractivity contribution is 7.13. The molecule has 1 fully saturated rings. The Hall–Kier alpha value is -3.53. The lowest BCUT2D eigenvalue weighted by atomic mass is 9.98. The van der Waals surface area contributed by atoms with Crippen molar-refractivity contribution in [1.82, 2.24) is 20.2 Å². The summed E-state index contributed by atoms with van der Waals surface area (Å²) < 4.78 is 5.30. The van der Waals surface area contributed by atoms with Crippen molar-refractivity contribution in [1.29, 1.82) is 0 Å². The summed E-state index contributed by atoms with van der Waals surface area (Å²) in [6.07, 6.45) is 2.93. The van der Waals surface area contributed by atoms with E-state index in [1.807, 2.05) is 6.92 Å². The topological polar surface area (TPSA) is 121 Å². The number of H-pyrrole nitrogens is 1. The largest absolute Gasteiger partial charge is 0.507 e. The minimum Gasteiger partial charge on any atom is -0.507 e. The molecule has 9 nitrogen and oxygen atoms in total. The van der Waals surface area contributed by atoms with Gasteiger partial charge in [0.05, 0.1) is 30.9 Å². The number of aliphatic hydroxyl groups is 1. The summed E-state index contributed by atoms with van der Waals surface area (Å²) in [5.41, 5.74) is 3.11. The number of hydrogen-bond acceptors (Lipinski definition) is 8. The van der Waals surface area contributed by atoms with Gasteiger partial charge in [-0.3, -0.25) is 14.5 Å².